The minimum atomic E-state index is -0.0432. The fourth-order valence-corrected chi connectivity index (χ4v) is 6.90. The van der Waals surface area contributed by atoms with E-state index in [1.165, 1.54) is 11.7 Å². The number of nitrogens with zero attached hydrogens (tertiary/aromatic N) is 2. The summed E-state index contributed by atoms with van der Waals surface area (Å²) >= 11 is 0. The SMILES string of the molecule is O=C(NC1CCC(C(=O)NC2CCC(C3=NCCCN3)CC2)CC1)NC1CCC(C2=NCCCN2)CC1. The summed E-state index contributed by atoms with van der Waals surface area (Å²) < 4.78 is 0. The smallest absolute Gasteiger partial charge is 0.315 e. The largest absolute Gasteiger partial charge is 0.374 e. The summed E-state index contributed by atoms with van der Waals surface area (Å²) in [7, 11) is 0. The van der Waals surface area contributed by atoms with E-state index in [0.29, 0.717) is 17.9 Å². The molecule has 37 heavy (non-hydrogen) atoms. The molecular weight excluding hydrogens is 466 g/mol. The molecule has 2 aliphatic heterocycles. The van der Waals surface area contributed by atoms with E-state index in [0.717, 1.165) is 116 Å². The van der Waals surface area contributed by atoms with Crippen LogP contribution in [0.3, 0.4) is 0 Å². The third kappa shape index (κ3) is 7.38. The molecule has 9 heteroatoms. The predicted octanol–water partition coefficient (Wildman–Crippen LogP) is 2.86. The van der Waals surface area contributed by atoms with Crippen molar-refractivity contribution in [2.45, 2.75) is 108 Å². The average molecular weight is 514 g/mol. The first-order valence-electron chi connectivity index (χ1n) is 15.1. The van der Waals surface area contributed by atoms with Crippen LogP contribution in [-0.2, 0) is 4.79 Å². The number of aliphatic imine (C=N–C) groups is 2. The molecule has 3 aliphatic carbocycles. The summed E-state index contributed by atoms with van der Waals surface area (Å²) in [5.41, 5.74) is 0. The molecule has 3 saturated carbocycles. The minimum absolute atomic E-state index is 0.0432. The van der Waals surface area contributed by atoms with Crippen LogP contribution >= 0.6 is 0 Å². The Labute approximate surface area is 221 Å². The first kappa shape index (κ1) is 26.3. The Balaban J connectivity index is 0.955. The first-order chi connectivity index (χ1) is 18.1. The Morgan fingerprint density at radius 1 is 0.595 bits per heavy atom. The van der Waals surface area contributed by atoms with Crippen molar-refractivity contribution < 1.29 is 9.59 Å². The minimum Gasteiger partial charge on any atom is -0.374 e. The van der Waals surface area contributed by atoms with Gasteiger partial charge in [-0.25, -0.2) is 4.79 Å². The second-order valence-corrected chi connectivity index (χ2v) is 11.9. The summed E-state index contributed by atoms with van der Waals surface area (Å²) in [4.78, 5) is 34.9. The molecule has 9 nitrogen and oxygen atoms in total. The van der Waals surface area contributed by atoms with Crippen LogP contribution in [0.4, 0.5) is 4.79 Å². The standard InChI is InChI=1S/C28H47N7O2/c36-27(33-22-9-3-19(4-10-22)25-29-15-1-16-30-25)21-7-13-24(14-8-21)35-28(37)34-23-11-5-20(6-12-23)26-31-17-2-18-32-26/h19-24H,1-18H2,(H,29,30)(H,31,32)(H,33,36)(H2,34,35,37). The van der Waals surface area contributed by atoms with Crippen molar-refractivity contribution >= 4 is 23.6 Å². The lowest BCUT2D eigenvalue weighted by atomic mass is 9.83. The van der Waals surface area contributed by atoms with Gasteiger partial charge in [0.05, 0.1) is 11.7 Å². The Hall–Kier alpha value is -2.32. The number of rotatable bonds is 6. The second-order valence-electron chi connectivity index (χ2n) is 11.9. The zero-order valence-electron chi connectivity index (χ0n) is 22.4. The molecule has 0 unspecified atom stereocenters. The van der Waals surface area contributed by atoms with Crippen molar-refractivity contribution in [1.29, 1.82) is 0 Å². The molecule has 0 aromatic rings. The Bertz CT molecular complexity index is 835. The van der Waals surface area contributed by atoms with Gasteiger partial charge in [-0.05, 0) is 89.9 Å². The highest BCUT2D eigenvalue weighted by Gasteiger charge is 2.32. The molecule has 0 atom stereocenters. The lowest BCUT2D eigenvalue weighted by Gasteiger charge is -2.34. The van der Waals surface area contributed by atoms with Crippen LogP contribution in [0.15, 0.2) is 9.98 Å². The van der Waals surface area contributed by atoms with Crippen LogP contribution in [0.1, 0.15) is 89.9 Å². The molecule has 5 aliphatic rings. The molecule has 0 spiro atoms. The molecule has 5 N–H and O–H groups in total. The summed E-state index contributed by atoms with van der Waals surface area (Å²) in [5, 5.41) is 16.7. The van der Waals surface area contributed by atoms with Gasteiger partial charge in [0.1, 0.15) is 0 Å². The highest BCUT2D eigenvalue weighted by Crippen LogP contribution is 2.29. The maximum atomic E-state index is 12.9. The van der Waals surface area contributed by atoms with Crippen LogP contribution in [-0.4, -0.2) is 67.9 Å². The predicted molar refractivity (Wildman–Crippen MR) is 147 cm³/mol. The van der Waals surface area contributed by atoms with Crippen LogP contribution in [0.2, 0.25) is 0 Å². The number of amides is 3. The summed E-state index contributed by atoms with van der Waals surface area (Å²) in [6.07, 6.45) is 14.2. The summed E-state index contributed by atoms with van der Waals surface area (Å²) in [6, 6.07) is 0.669. The fraction of sp³-hybridized carbons (Fsp3) is 0.857. The third-order valence-electron chi connectivity index (χ3n) is 9.19. The fourth-order valence-electron chi connectivity index (χ4n) is 6.90. The van der Waals surface area contributed by atoms with E-state index < -0.39 is 0 Å². The number of nitrogens with one attached hydrogen (secondary N) is 5. The van der Waals surface area contributed by atoms with Gasteiger partial charge in [0.15, 0.2) is 0 Å². The Morgan fingerprint density at radius 2 is 1.03 bits per heavy atom. The van der Waals surface area contributed by atoms with Crippen molar-refractivity contribution in [3.8, 4) is 0 Å². The topological polar surface area (TPSA) is 119 Å². The Morgan fingerprint density at radius 3 is 1.46 bits per heavy atom. The number of urea groups is 1. The van der Waals surface area contributed by atoms with E-state index in [9.17, 15) is 9.59 Å². The maximum absolute atomic E-state index is 12.9. The van der Waals surface area contributed by atoms with E-state index in [-0.39, 0.29) is 29.9 Å². The van der Waals surface area contributed by atoms with Crippen LogP contribution in [0.5, 0.6) is 0 Å². The van der Waals surface area contributed by atoms with Crippen molar-refractivity contribution in [1.82, 2.24) is 26.6 Å². The van der Waals surface area contributed by atoms with E-state index in [1.807, 2.05) is 0 Å². The lowest BCUT2D eigenvalue weighted by Crippen LogP contribution is -2.49. The second kappa shape index (κ2) is 13.0. The molecule has 3 fully saturated rings. The summed E-state index contributed by atoms with van der Waals surface area (Å²) in [5.74, 6) is 3.75. The maximum Gasteiger partial charge on any atom is 0.315 e. The van der Waals surface area contributed by atoms with Crippen molar-refractivity contribution in [2.24, 2.45) is 27.7 Å². The molecule has 3 amide bonds. The van der Waals surface area contributed by atoms with Gasteiger partial charge in [-0.2, -0.15) is 0 Å². The highest BCUT2D eigenvalue weighted by atomic mass is 16.2. The van der Waals surface area contributed by atoms with Crippen LogP contribution in [0.25, 0.3) is 0 Å². The number of amidine groups is 2. The van der Waals surface area contributed by atoms with Gasteiger partial charge < -0.3 is 26.6 Å². The molecule has 0 aromatic heterocycles. The van der Waals surface area contributed by atoms with E-state index >= 15 is 0 Å². The highest BCUT2D eigenvalue weighted by molar-refractivity contribution is 5.85. The zero-order valence-corrected chi connectivity index (χ0v) is 22.4. The van der Waals surface area contributed by atoms with Gasteiger partial charge in [-0.1, -0.05) is 0 Å². The molecule has 0 saturated heterocycles. The number of carbonyl (C=O) groups is 2. The van der Waals surface area contributed by atoms with Crippen molar-refractivity contribution in [2.75, 3.05) is 26.2 Å². The normalized spacial score (nSPS) is 34.6. The molecule has 0 radical (unpaired) electrons. The van der Waals surface area contributed by atoms with Crippen molar-refractivity contribution in [3.05, 3.63) is 0 Å². The van der Waals surface area contributed by atoms with Gasteiger partial charge in [-0.3, -0.25) is 14.8 Å². The monoisotopic (exact) mass is 513 g/mol. The van der Waals surface area contributed by atoms with E-state index in [2.05, 4.69) is 36.6 Å². The summed E-state index contributed by atoms with van der Waals surface area (Å²) in [6.45, 7) is 3.98. The number of hydrogen-bond acceptors (Lipinski definition) is 6. The van der Waals surface area contributed by atoms with E-state index in [1.54, 1.807) is 0 Å². The number of hydrogen-bond donors (Lipinski definition) is 5. The first-order valence-corrected chi connectivity index (χ1v) is 15.1. The van der Waals surface area contributed by atoms with Crippen LogP contribution in [0, 0.1) is 17.8 Å². The van der Waals surface area contributed by atoms with E-state index in [4.69, 9.17) is 0 Å². The van der Waals surface area contributed by atoms with Gasteiger partial charge in [0.2, 0.25) is 5.91 Å². The third-order valence-corrected chi connectivity index (χ3v) is 9.19. The van der Waals surface area contributed by atoms with Gasteiger partial charge in [0.25, 0.3) is 0 Å². The van der Waals surface area contributed by atoms with Crippen LogP contribution < -0.4 is 26.6 Å². The van der Waals surface area contributed by atoms with Gasteiger partial charge in [-0.15, -0.1) is 0 Å². The lowest BCUT2D eigenvalue weighted by molar-refractivity contribution is -0.127. The Kier molecular flexibility index (Phi) is 9.21. The van der Waals surface area contributed by atoms with Gasteiger partial charge in [0, 0.05) is 62.1 Å². The van der Waals surface area contributed by atoms with Gasteiger partial charge >= 0.3 is 6.03 Å². The van der Waals surface area contributed by atoms with Crippen molar-refractivity contribution in [3.63, 3.8) is 0 Å². The number of carbonyl (C=O) groups excluding carboxylic acids is 2. The molecule has 5 rings (SSSR count). The zero-order chi connectivity index (χ0) is 25.5. The quantitative estimate of drug-likeness (QED) is 0.375. The molecule has 0 bridgehead atoms. The molecule has 0 aromatic carbocycles. The molecule has 206 valence electrons. The molecular formula is C28H47N7O2. The molecule has 2 heterocycles. The average Bonchev–Trinajstić information content (AvgIpc) is 2.95.